The van der Waals surface area contributed by atoms with Crippen molar-refractivity contribution in [3.05, 3.63) is 12.4 Å². The molecule has 0 atom stereocenters. The van der Waals surface area contributed by atoms with Gasteiger partial charge < -0.3 is 15.0 Å². The Balaban J connectivity index is 2.33. The summed E-state index contributed by atoms with van der Waals surface area (Å²) in [6.45, 7) is 0.403. The zero-order valence-corrected chi connectivity index (χ0v) is 6.82. The van der Waals surface area contributed by atoms with Gasteiger partial charge in [0.15, 0.2) is 0 Å². The highest BCUT2D eigenvalue weighted by atomic mass is 16.4. The predicted molar refractivity (Wildman–Crippen MR) is 44.0 cm³/mol. The van der Waals surface area contributed by atoms with Crippen LogP contribution >= 0.6 is 0 Å². The highest BCUT2D eigenvalue weighted by Gasteiger charge is 1.99. The zero-order valence-electron chi connectivity index (χ0n) is 6.82. The van der Waals surface area contributed by atoms with Gasteiger partial charge in [0.2, 0.25) is 5.95 Å². The maximum Gasteiger partial charge on any atom is 0.305 e. The van der Waals surface area contributed by atoms with Gasteiger partial charge in [0, 0.05) is 26.0 Å². The first-order valence-corrected chi connectivity index (χ1v) is 3.63. The first-order chi connectivity index (χ1) is 5.70. The average molecular weight is 169 g/mol. The third-order valence-electron chi connectivity index (χ3n) is 1.44. The zero-order chi connectivity index (χ0) is 8.97. The number of carboxylic acid groups (broad SMARTS) is 1. The lowest BCUT2D eigenvalue weighted by molar-refractivity contribution is -0.136. The minimum atomic E-state index is -0.809. The molecule has 0 aliphatic rings. The Labute approximate surface area is 70.0 Å². The highest BCUT2D eigenvalue weighted by Crippen LogP contribution is 1.99. The van der Waals surface area contributed by atoms with E-state index in [1.807, 2.05) is 7.05 Å². The normalized spacial score (nSPS) is 9.75. The number of hydrogen-bond acceptors (Lipinski definition) is 3. The predicted octanol–water partition coefficient (Wildman–Crippen LogP) is 0.307. The van der Waals surface area contributed by atoms with Crippen LogP contribution in [0.15, 0.2) is 12.4 Å². The molecule has 0 spiro atoms. The Kier molecular flexibility index (Phi) is 2.68. The largest absolute Gasteiger partial charge is 0.481 e. The molecule has 2 N–H and O–H groups in total. The molecule has 0 radical (unpaired) electrons. The van der Waals surface area contributed by atoms with Gasteiger partial charge >= 0.3 is 5.97 Å². The quantitative estimate of drug-likeness (QED) is 0.680. The van der Waals surface area contributed by atoms with Crippen molar-refractivity contribution in [3.8, 4) is 0 Å². The number of rotatable bonds is 4. The molecule has 0 bridgehead atoms. The number of nitrogens with one attached hydrogen (secondary N) is 1. The number of carboxylic acids is 1. The van der Waals surface area contributed by atoms with E-state index in [1.165, 1.54) is 0 Å². The molecule has 0 amide bonds. The third-order valence-corrected chi connectivity index (χ3v) is 1.44. The summed E-state index contributed by atoms with van der Waals surface area (Å²) in [6, 6.07) is 0. The molecule has 1 aromatic rings. The Morgan fingerprint density at radius 3 is 3.08 bits per heavy atom. The fraction of sp³-hybridized carbons (Fsp3) is 0.429. The standard InChI is InChI=1S/C7H11N3O2/c1-10-5-4-9-7(10)8-3-2-6(11)12/h4-5H,2-3H2,1H3,(H,8,9)(H,11,12). The molecular formula is C7H11N3O2. The molecule has 0 aliphatic heterocycles. The smallest absolute Gasteiger partial charge is 0.305 e. The molecule has 0 aliphatic carbocycles. The van der Waals surface area contributed by atoms with Crippen LogP contribution in [-0.4, -0.2) is 27.2 Å². The van der Waals surface area contributed by atoms with Crippen LogP contribution < -0.4 is 5.32 Å². The number of aromatic nitrogens is 2. The van der Waals surface area contributed by atoms with Gasteiger partial charge in [-0.05, 0) is 0 Å². The molecule has 0 saturated heterocycles. The fourth-order valence-corrected chi connectivity index (χ4v) is 0.817. The lowest BCUT2D eigenvalue weighted by Crippen LogP contribution is -2.10. The molecule has 0 aromatic carbocycles. The lowest BCUT2D eigenvalue weighted by Gasteiger charge is -2.02. The highest BCUT2D eigenvalue weighted by molar-refractivity contribution is 5.67. The number of anilines is 1. The van der Waals surface area contributed by atoms with E-state index in [4.69, 9.17) is 5.11 Å². The van der Waals surface area contributed by atoms with Crippen molar-refractivity contribution < 1.29 is 9.90 Å². The van der Waals surface area contributed by atoms with E-state index in [1.54, 1.807) is 17.0 Å². The Morgan fingerprint density at radius 1 is 1.83 bits per heavy atom. The van der Waals surface area contributed by atoms with E-state index in [9.17, 15) is 4.79 Å². The van der Waals surface area contributed by atoms with Gasteiger partial charge in [-0.25, -0.2) is 4.98 Å². The van der Waals surface area contributed by atoms with Crippen LogP contribution in [0, 0.1) is 0 Å². The number of aryl methyl sites for hydroxylation is 1. The van der Waals surface area contributed by atoms with Gasteiger partial charge in [-0.15, -0.1) is 0 Å². The van der Waals surface area contributed by atoms with Gasteiger partial charge in [-0.1, -0.05) is 0 Å². The summed E-state index contributed by atoms with van der Waals surface area (Å²) in [5.74, 6) is -0.118. The average Bonchev–Trinajstić information content (AvgIpc) is 2.36. The molecule has 0 saturated carbocycles. The minimum absolute atomic E-state index is 0.104. The maximum absolute atomic E-state index is 10.1. The maximum atomic E-state index is 10.1. The molecule has 5 heteroatoms. The molecule has 12 heavy (non-hydrogen) atoms. The second-order valence-corrected chi connectivity index (χ2v) is 2.43. The lowest BCUT2D eigenvalue weighted by atomic mass is 10.4. The summed E-state index contributed by atoms with van der Waals surface area (Å²) in [5, 5.41) is 11.2. The number of aliphatic carboxylic acids is 1. The summed E-state index contributed by atoms with van der Waals surface area (Å²) < 4.78 is 1.79. The Bertz CT molecular complexity index is 269. The fourth-order valence-electron chi connectivity index (χ4n) is 0.817. The van der Waals surface area contributed by atoms with E-state index < -0.39 is 5.97 Å². The van der Waals surface area contributed by atoms with Gasteiger partial charge in [0.05, 0.1) is 6.42 Å². The van der Waals surface area contributed by atoms with E-state index >= 15 is 0 Å². The van der Waals surface area contributed by atoms with Gasteiger partial charge in [0.1, 0.15) is 0 Å². The van der Waals surface area contributed by atoms with Crippen molar-refractivity contribution in [1.82, 2.24) is 9.55 Å². The van der Waals surface area contributed by atoms with E-state index in [0.29, 0.717) is 12.5 Å². The molecule has 0 fully saturated rings. The molecule has 1 aromatic heterocycles. The summed E-state index contributed by atoms with van der Waals surface area (Å²) >= 11 is 0. The molecule has 66 valence electrons. The number of hydrogen-bond donors (Lipinski definition) is 2. The summed E-state index contributed by atoms with van der Waals surface area (Å²) in [6.07, 6.45) is 3.55. The summed E-state index contributed by atoms with van der Waals surface area (Å²) in [5.41, 5.74) is 0. The van der Waals surface area contributed by atoms with Crippen LogP contribution in [-0.2, 0) is 11.8 Å². The molecule has 0 unspecified atom stereocenters. The van der Waals surface area contributed by atoms with Crippen LogP contribution in [0.25, 0.3) is 0 Å². The van der Waals surface area contributed by atoms with Crippen LogP contribution in [0.2, 0.25) is 0 Å². The molecule has 1 rings (SSSR count). The molecular weight excluding hydrogens is 158 g/mol. The SMILES string of the molecule is Cn1ccnc1NCCC(=O)O. The summed E-state index contributed by atoms with van der Waals surface area (Å²) in [7, 11) is 1.84. The van der Waals surface area contributed by atoms with Crippen molar-refractivity contribution in [3.63, 3.8) is 0 Å². The van der Waals surface area contributed by atoms with Crippen molar-refractivity contribution in [2.75, 3.05) is 11.9 Å². The number of nitrogens with zero attached hydrogens (tertiary/aromatic N) is 2. The topological polar surface area (TPSA) is 67.2 Å². The van der Waals surface area contributed by atoms with E-state index in [-0.39, 0.29) is 6.42 Å². The first kappa shape index (κ1) is 8.58. The second-order valence-electron chi connectivity index (χ2n) is 2.43. The monoisotopic (exact) mass is 169 g/mol. The van der Waals surface area contributed by atoms with Gasteiger partial charge in [0.25, 0.3) is 0 Å². The van der Waals surface area contributed by atoms with Gasteiger partial charge in [-0.3, -0.25) is 4.79 Å². The van der Waals surface area contributed by atoms with E-state index in [2.05, 4.69) is 10.3 Å². The minimum Gasteiger partial charge on any atom is -0.481 e. The molecule has 5 nitrogen and oxygen atoms in total. The van der Waals surface area contributed by atoms with Crippen molar-refractivity contribution >= 4 is 11.9 Å². The van der Waals surface area contributed by atoms with E-state index in [0.717, 1.165) is 0 Å². The molecule has 1 heterocycles. The first-order valence-electron chi connectivity index (χ1n) is 3.63. The Hall–Kier alpha value is -1.52. The van der Waals surface area contributed by atoms with Crippen LogP contribution in [0.3, 0.4) is 0 Å². The van der Waals surface area contributed by atoms with Crippen LogP contribution in [0.1, 0.15) is 6.42 Å². The van der Waals surface area contributed by atoms with Crippen molar-refractivity contribution in [2.24, 2.45) is 7.05 Å². The van der Waals surface area contributed by atoms with Gasteiger partial charge in [-0.2, -0.15) is 0 Å². The Morgan fingerprint density at radius 2 is 2.58 bits per heavy atom. The summed E-state index contributed by atoms with van der Waals surface area (Å²) in [4.78, 5) is 14.1. The van der Waals surface area contributed by atoms with Crippen molar-refractivity contribution in [2.45, 2.75) is 6.42 Å². The number of imidazole rings is 1. The van der Waals surface area contributed by atoms with Crippen LogP contribution in [0.4, 0.5) is 5.95 Å². The van der Waals surface area contributed by atoms with Crippen molar-refractivity contribution in [1.29, 1.82) is 0 Å². The second kappa shape index (κ2) is 3.75. The third kappa shape index (κ3) is 2.26. The number of carbonyl (C=O) groups is 1. The van der Waals surface area contributed by atoms with Crippen LogP contribution in [0.5, 0.6) is 0 Å².